The molecule has 2 rings (SSSR count). The number of para-hydroxylation sites is 1. The van der Waals surface area contributed by atoms with Gasteiger partial charge in [0.15, 0.2) is 0 Å². The van der Waals surface area contributed by atoms with E-state index in [0.717, 1.165) is 15.5 Å². The summed E-state index contributed by atoms with van der Waals surface area (Å²) >= 11 is 7.42. The summed E-state index contributed by atoms with van der Waals surface area (Å²) in [4.78, 5) is 13.1. The van der Waals surface area contributed by atoms with Crippen LogP contribution in [0.3, 0.4) is 0 Å². The lowest BCUT2D eigenvalue weighted by Gasteiger charge is -2.21. The summed E-state index contributed by atoms with van der Waals surface area (Å²) in [6.07, 6.45) is 1.09. The van der Waals surface area contributed by atoms with Crippen molar-refractivity contribution in [1.29, 1.82) is 0 Å². The van der Waals surface area contributed by atoms with Crippen LogP contribution in [0.4, 0.5) is 5.69 Å². The largest absolute Gasteiger partial charge is 0.354 e. The van der Waals surface area contributed by atoms with E-state index >= 15 is 0 Å². The normalized spacial score (nSPS) is 11.1. The summed E-state index contributed by atoms with van der Waals surface area (Å²) in [6, 6.07) is 16.0. The number of anilines is 1. The number of hydrogen-bond donors (Lipinski definition) is 1. The zero-order chi connectivity index (χ0) is 18.3. The van der Waals surface area contributed by atoms with Crippen LogP contribution >= 0.6 is 23.4 Å². The molecule has 0 saturated carbocycles. The van der Waals surface area contributed by atoms with Crippen LogP contribution in [0.25, 0.3) is 0 Å². The molecule has 0 aliphatic carbocycles. The SMILES string of the molecule is CS(=O)(=O)N(CC(=O)NCCSc1ccc(Cl)cc1)c1ccccc1. The molecule has 0 aliphatic heterocycles. The Hall–Kier alpha value is -1.70. The molecule has 8 heteroatoms. The average molecular weight is 399 g/mol. The summed E-state index contributed by atoms with van der Waals surface area (Å²) in [7, 11) is -3.54. The van der Waals surface area contributed by atoms with E-state index in [9.17, 15) is 13.2 Å². The Bertz CT molecular complexity index is 796. The van der Waals surface area contributed by atoms with Crippen LogP contribution in [-0.2, 0) is 14.8 Å². The van der Waals surface area contributed by atoms with Crippen LogP contribution in [0.2, 0.25) is 5.02 Å². The minimum Gasteiger partial charge on any atom is -0.354 e. The van der Waals surface area contributed by atoms with Gasteiger partial charge in [0.2, 0.25) is 15.9 Å². The van der Waals surface area contributed by atoms with E-state index in [1.807, 2.05) is 24.3 Å². The smallest absolute Gasteiger partial charge is 0.240 e. The van der Waals surface area contributed by atoms with Crippen LogP contribution in [0.1, 0.15) is 0 Å². The lowest BCUT2D eigenvalue weighted by atomic mass is 10.3. The number of sulfonamides is 1. The molecule has 1 N–H and O–H groups in total. The predicted octanol–water partition coefficient (Wildman–Crippen LogP) is 3.01. The van der Waals surface area contributed by atoms with Gasteiger partial charge in [0.05, 0.1) is 11.9 Å². The number of nitrogens with one attached hydrogen (secondary N) is 1. The molecule has 5 nitrogen and oxygen atoms in total. The number of rotatable bonds is 8. The second kappa shape index (κ2) is 9.12. The zero-order valence-corrected chi connectivity index (χ0v) is 16.1. The first kappa shape index (κ1) is 19.6. The maximum absolute atomic E-state index is 12.1. The molecule has 1 amide bonds. The van der Waals surface area contributed by atoms with Crippen LogP contribution < -0.4 is 9.62 Å². The molecule has 0 fully saturated rings. The number of amides is 1. The van der Waals surface area contributed by atoms with E-state index in [1.54, 1.807) is 42.1 Å². The molecule has 0 aliphatic rings. The minimum absolute atomic E-state index is 0.242. The number of carbonyl (C=O) groups excluding carboxylic acids is 1. The fourth-order valence-electron chi connectivity index (χ4n) is 2.07. The first-order valence-corrected chi connectivity index (χ1v) is 10.8. The molecule has 0 aromatic heterocycles. The predicted molar refractivity (Wildman–Crippen MR) is 104 cm³/mol. The lowest BCUT2D eigenvalue weighted by molar-refractivity contribution is -0.119. The molecule has 0 radical (unpaired) electrons. The molecule has 0 unspecified atom stereocenters. The summed E-state index contributed by atoms with van der Waals surface area (Å²) in [5, 5.41) is 3.42. The number of hydrogen-bond acceptors (Lipinski definition) is 4. The molecule has 25 heavy (non-hydrogen) atoms. The highest BCUT2D eigenvalue weighted by molar-refractivity contribution is 7.99. The molecule has 0 bridgehead atoms. The topological polar surface area (TPSA) is 66.5 Å². The van der Waals surface area contributed by atoms with Crippen molar-refractivity contribution in [3.63, 3.8) is 0 Å². The highest BCUT2D eigenvalue weighted by atomic mass is 35.5. The molecule has 2 aromatic carbocycles. The fraction of sp³-hybridized carbons (Fsp3) is 0.235. The molecule has 0 atom stereocenters. The zero-order valence-electron chi connectivity index (χ0n) is 13.7. The van der Waals surface area contributed by atoms with Gasteiger partial charge >= 0.3 is 0 Å². The maximum Gasteiger partial charge on any atom is 0.240 e. The van der Waals surface area contributed by atoms with Gasteiger partial charge in [0.1, 0.15) is 6.54 Å². The Kier molecular flexibility index (Phi) is 7.16. The summed E-state index contributed by atoms with van der Waals surface area (Å²) in [6.45, 7) is 0.201. The van der Waals surface area contributed by atoms with Crippen LogP contribution in [-0.4, -0.2) is 39.4 Å². The monoisotopic (exact) mass is 398 g/mol. The van der Waals surface area contributed by atoms with Gasteiger partial charge in [-0.2, -0.15) is 0 Å². The van der Waals surface area contributed by atoms with E-state index in [4.69, 9.17) is 11.6 Å². The van der Waals surface area contributed by atoms with Crippen LogP contribution in [0.15, 0.2) is 59.5 Å². The Labute approximate surface area is 157 Å². The van der Waals surface area contributed by atoms with Gasteiger partial charge in [-0.15, -0.1) is 11.8 Å². The van der Waals surface area contributed by atoms with E-state index in [0.29, 0.717) is 23.0 Å². The molecular weight excluding hydrogens is 380 g/mol. The van der Waals surface area contributed by atoms with Gasteiger partial charge in [-0.05, 0) is 36.4 Å². The average Bonchev–Trinajstić information content (AvgIpc) is 2.58. The van der Waals surface area contributed by atoms with Crippen molar-refractivity contribution in [2.75, 3.05) is 29.4 Å². The van der Waals surface area contributed by atoms with Gasteiger partial charge in [0.25, 0.3) is 0 Å². The van der Waals surface area contributed by atoms with Crippen molar-refractivity contribution in [2.24, 2.45) is 0 Å². The third kappa shape index (κ3) is 6.61. The molecular formula is C17H19ClN2O3S2. The number of nitrogens with zero attached hydrogens (tertiary/aromatic N) is 1. The molecule has 0 heterocycles. The fourth-order valence-corrected chi connectivity index (χ4v) is 3.82. The van der Waals surface area contributed by atoms with E-state index in [-0.39, 0.29) is 12.5 Å². The Morgan fingerprint density at radius 3 is 2.36 bits per heavy atom. The quantitative estimate of drug-likeness (QED) is 0.548. The second-order valence-electron chi connectivity index (χ2n) is 5.26. The molecule has 0 spiro atoms. The molecule has 134 valence electrons. The summed E-state index contributed by atoms with van der Waals surface area (Å²) < 4.78 is 25.0. The molecule has 2 aromatic rings. The van der Waals surface area contributed by atoms with Gasteiger partial charge in [-0.3, -0.25) is 9.10 Å². The second-order valence-corrected chi connectivity index (χ2v) is 8.77. The van der Waals surface area contributed by atoms with Crippen molar-refractivity contribution in [1.82, 2.24) is 5.32 Å². The van der Waals surface area contributed by atoms with E-state index < -0.39 is 10.0 Å². The Morgan fingerprint density at radius 1 is 1.12 bits per heavy atom. The van der Waals surface area contributed by atoms with Gasteiger partial charge in [-0.1, -0.05) is 29.8 Å². The van der Waals surface area contributed by atoms with Crippen molar-refractivity contribution < 1.29 is 13.2 Å². The minimum atomic E-state index is -3.54. The third-order valence-electron chi connectivity index (χ3n) is 3.24. The first-order chi connectivity index (χ1) is 11.9. The van der Waals surface area contributed by atoms with Gasteiger partial charge < -0.3 is 5.32 Å². The third-order valence-corrected chi connectivity index (χ3v) is 5.64. The van der Waals surface area contributed by atoms with Crippen molar-refractivity contribution in [3.8, 4) is 0 Å². The summed E-state index contributed by atoms with van der Waals surface area (Å²) in [5.74, 6) is 0.336. The van der Waals surface area contributed by atoms with Crippen molar-refractivity contribution in [3.05, 3.63) is 59.6 Å². The maximum atomic E-state index is 12.1. The van der Waals surface area contributed by atoms with E-state index in [2.05, 4.69) is 5.32 Å². The highest BCUT2D eigenvalue weighted by Crippen LogP contribution is 2.20. The number of thioether (sulfide) groups is 1. The molecule has 0 saturated heterocycles. The first-order valence-electron chi connectivity index (χ1n) is 7.54. The van der Waals surface area contributed by atoms with Crippen LogP contribution in [0, 0.1) is 0 Å². The van der Waals surface area contributed by atoms with Gasteiger partial charge in [-0.25, -0.2) is 8.42 Å². The highest BCUT2D eigenvalue weighted by Gasteiger charge is 2.20. The Balaban J connectivity index is 1.84. The number of carbonyl (C=O) groups is 1. The number of halogens is 1. The van der Waals surface area contributed by atoms with Crippen molar-refractivity contribution >= 4 is 45.0 Å². The van der Waals surface area contributed by atoms with E-state index in [1.165, 1.54) is 0 Å². The van der Waals surface area contributed by atoms with Gasteiger partial charge in [0, 0.05) is 22.2 Å². The number of benzene rings is 2. The van der Waals surface area contributed by atoms with Crippen molar-refractivity contribution in [2.45, 2.75) is 4.90 Å². The standard InChI is InChI=1S/C17H19ClN2O3S2/c1-25(22,23)20(15-5-3-2-4-6-15)13-17(21)19-11-12-24-16-9-7-14(18)8-10-16/h2-10H,11-13H2,1H3,(H,19,21). The Morgan fingerprint density at radius 2 is 1.76 bits per heavy atom. The van der Waals surface area contributed by atoms with Crippen LogP contribution in [0.5, 0.6) is 0 Å². The summed E-state index contributed by atoms with van der Waals surface area (Å²) in [5.41, 5.74) is 0.468. The lowest BCUT2D eigenvalue weighted by Crippen LogP contribution is -2.41.